The molecule has 9 rings (SSSR count). The fourth-order valence-corrected chi connectivity index (χ4v) is 10.7. The van der Waals surface area contributed by atoms with Gasteiger partial charge < -0.3 is 14.0 Å². The Kier molecular flexibility index (Phi) is 14.4. The van der Waals surface area contributed by atoms with Crippen LogP contribution in [0, 0.1) is 32.1 Å². The van der Waals surface area contributed by atoms with Crippen molar-refractivity contribution in [1.82, 2.24) is 14.5 Å². The van der Waals surface area contributed by atoms with Gasteiger partial charge in [0.25, 0.3) is 0 Å². The fourth-order valence-electron chi connectivity index (χ4n) is 9.08. The summed E-state index contributed by atoms with van der Waals surface area (Å²) >= 11 is 0. The predicted molar refractivity (Wildman–Crippen MR) is 274 cm³/mol. The van der Waals surface area contributed by atoms with Crippen LogP contribution in [0.3, 0.4) is 0 Å². The molecule has 65 heavy (non-hydrogen) atoms. The second kappa shape index (κ2) is 19.8. The number of hydrogen-bond acceptors (Lipinski definition) is 3. The number of furan rings is 1. The van der Waals surface area contributed by atoms with Crippen LogP contribution in [0.15, 0.2) is 144 Å². The van der Waals surface area contributed by atoms with Gasteiger partial charge in [-0.25, -0.2) is 0 Å². The average Bonchev–Trinajstić information content (AvgIpc) is 3.87. The number of imidazole rings is 1. The van der Waals surface area contributed by atoms with Gasteiger partial charge in [0.1, 0.15) is 0 Å². The van der Waals surface area contributed by atoms with Gasteiger partial charge in [0.15, 0.2) is 0 Å². The first-order chi connectivity index (χ1) is 30.7. The number of benzene rings is 6. The minimum atomic E-state index is -1.34. The second-order valence-corrected chi connectivity index (χ2v) is 24.4. The van der Waals surface area contributed by atoms with E-state index in [0.29, 0.717) is 17.8 Å². The van der Waals surface area contributed by atoms with Gasteiger partial charge in [-0.15, -0.1) is 42.0 Å². The summed E-state index contributed by atoms with van der Waals surface area (Å²) in [6.07, 6.45) is 6.52. The molecule has 9 aromatic rings. The molecule has 0 fully saturated rings. The summed E-state index contributed by atoms with van der Waals surface area (Å²) in [4.78, 5) is 9.93. The number of aryl methyl sites for hydroxylation is 2. The Morgan fingerprint density at radius 2 is 1.34 bits per heavy atom. The van der Waals surface area contributed by atoms with Gasteiger partial charge in [-0.1, -0.05) is 157 Å². The molecule has 0 aliphatic heterocycles. The van der Waals surface area contributed by atoms with Crippen molar-refractivity contribution in [3.8, 4) is 50.6 Å². The van der Waals surface area contributed by atoms with Crippen LogP contribution in [-0.4, -0.2) is 22.6 Å². The Labute approximate surface area is 401 Å². The van der Waals surface area contributed by atoms with Crippen molar-refractivity contribution in [3.63, 3.8) is 0 Å². The fraction of sp³-hybridized carbons (Fsp3) is 0.254. The Morgan fingerprint density at radius 3 is 1.97 bits per heavy atom. The molecule has 0 saturated carbocycles. The summed E-state index contributed by atoms with van der Waals surface area (Å²) in [6, 6.07) is 50.4. The van der Waals surface area contributed by atoms with Crippen LogP contribution in [-0.2, 0) is 26.5 Å². The van der Waals surface area contributed by atoms with Crippen molar-refractivity contribution >= 4 is 35.3 Å². The Balaban J connectivity index is 0.000000253. The standard InChI is InChI=1S/C41H37N2O.C18H24NSi.Ir/c1-25(2)33-21-31(29-15-8-7-9-16-29)22-34(26(3)4)40(33)43-37-18-11-10-17-36(37)42-41(43)35-24-44-38-23-30(19-20-32(35)38)39-27(5)13-12-14-28(39)6;1-14(2)11-16-12-17(15-9-7-6-8-10-15)19-13-18(16)20(3,4)5;/h7-23,25-26H,1-6H3;6-9,12-14H,11H2,1-5H3;/q2*-1;. The normalized spacial score (nSPS) is 11.7. The van der Waals surface area contributed by atoms with Gasteiger partial charge in [0.2, 0.25) is 0 Å². The van der Waals surface area contributed by atoms with E-state index in [1.807, 2.05) is 18.2 Å². The van der Waals surface area contributed by atoms with E-state index >= 15 is 0 Å². The van der Waals surface area contributed by atoms with Crippen molar-refractivity contribution < 1.29 is 24.5 Å². The Hall–Kier alpha value is -5.65. The van der Waals surface area contributed by atoms with E-state index in [9.17, 15) is 0 Å². The molecule has 4 nitrogen and oxygen atoms in total. The number of hydrogen-bond donors (Lipinski definition) is 0. The van der Waals surface area contributed by atoms with Crippen molar-refractivity contribution in [2.75, 3.05) is 0 Å². The molecule has 0 atom stereocenters. The first-order valence-electron chi connectivity index (χ1n) is 22.9. The molecule has 6 aromatic carbocycles. The maximum absolute atomic E-state index is 6.19. The Morgan fingerprint density at radius 1 is 0.677 bits per heavy atom. The van der Waals surface area contributed by atoms with Crippen LogP contribution in [0.2, 0.25) is 19.6 Å². The van der Waals surface area contributed by atoms with Crippen LogP contribution in [0.1, 0.15) is 81.2 Å². The molecule has 6 heteroatoms. The molecular weight excluding hydrogens is 987 g/mol. The van der Waals surface area contributed by atoms with Gasteiger partial charge in [0.05, 0.1) is 24.9 Å². The number of para-hydroxylation sites is 2. The van der Waals surface area contributed by atoms with Crippen molar-refractivity contribution in [1.29, 1.82) is 0 Å². The van der Waals surface area contributed by atoms with Crippen LogP contribution >= 0.6 is 0 Å². The van der Waals surface area contributed by atoms with Gasteiger partial charge in [-0.2, -0.15) is 0 Å². The van der Waals surface area contributed by atoms with Gasteiger partial charge in [-0.3, -0.25) is 4.98 Å². The maximum atomic E-state index is 6.19. The summed E-state index contributed by atoms with van der Waals surface area (Å²) in [7, 11) is -1.34. The average molecular weight is 1050 g/mol. The van der Waals surface area contributed by atoms with E-state index in [1.165, 1.54) is 55.4 Å². The largest absolute Gasteiger partial charge is 0.557 e. The molecule has 0 N–H and O–H groups in total. The topological polar surface area (TPSA) is 43.9 Å². The molecule has 0 unspecified atom stereocenters. The zero-order valence-electron chi connectivity index (χ0n) is 39.8. The van der Waals surface area contributed by atoms with E-state index in [0.717, 1.165) is 56.6 Å². The second-order valence-electron chi connectivity index (χ2n) is 19.3. The summed E-state index contributed by atoms with van der Waals surface area (Å²) in [6.45, 7) is 25.2. The van der Waals surface area contributed by atoms with E-state index in [4.69, 9.17) is 9.40 Å². The van der Waals surface area contributed by atoms with E-state index in [2.05, 4.69) is 218 Å². The van der Waals surface area contributed by atoms with Crippen molar-refractivity contribution in [2.24, 2.45) is 5.92 Å². The van der Waals surface area contributed by atoms with Crippen LogP contribution in [0.4, 0.5) is 0 Å². The van der Waals surface area contributed by atoms with E-state index in [-0.39, 0.29) is 20.1 Å². The quantitative estimate of drug-likeness (QED) is 0.101. The van der Waals surface area contributed by atoms with Gasteiger partial charge in [-0.05, 0) is 118 Å². The van der Waals surface area contributed by atoms with Crippen molar-refractivity contribution in [3.05, 3.63) is 180 Å². The number of fused-ring (bicyclic) bond motifs is 2. The summed E-state index contributed by atoms with van der Waals surface area (Å²) in [5.74, 6) is 2.11. The molecule has 0 aliphatic rings. The van der Waals surface area contributed by atoms with Gasteiger partial charge >= 0.3 is 0 Å². The molecular formula is C59H61IrN3OSi-2. The smallest absolute Gasteiger partial charge is 0.0798 e. The zero-order valence-corrected chi connectivity index (χ0v) is 43.2. The summed E-state index contributed by atoms with van der Waals surface area (Å²) < 4.78 is 8.54. The molecule has 0 bridgehead atoms. The monoisotopic (exact) mass is 1050 g/mol. The molecule has 3 aromatic heterocycles. The SMILES string of the molecule is CC(C)Cc1cc(-c2[c-]cccc2)ncc1[Si](C)(C)C.Cc1cccc(C)c1-c1ccc2c(-c3nc4ccccc4n3-c3c(C(C)C)cc(-c4ccccc4)cc3C(C)C)[c-]oc2c1.[Ir]. The number of pyridine rings is 1. The molecule has 333 valence electrons. The third-order valence-electron chi connectivity index (χ3n) is 12.2. The Bertz CT molecular complexity index is 3010. The summed E-state index contributed by atoms with van der Waals surface area (Å²) in [5, 5.41) is 2.50. The molecule has 0 spiro atoms. The summed E-state index contributed by atoms with van der Waals surface area (Å²) in [5.41, 5.74) is 18.5. The number of rotatable bonds is 10. The van der Waals surface area contributed by atoms with Crippen LogP contribution in [0.5, 0.6) is 0 Å². The van der Waals surface area contributed by atoms with Crippen molar-refractivity contribution in [2.45, 2.75) is 93.3 Å². The molecule has 0 amide bonds. The third kappa shape index (κ3) is 9.96. The van der Waals surface area contributed by atoms with E-state index in [1.54, 1.807) is 0 Å². The van der Waals surface area contributed by atoms with Crippen LogP contribution in [0.25, 0.3) is 72.6 Å². The predicted octanol–water partition coefficient (Wildman–Crippen LogP) is 15.7. The first-order valence-corrected chi connectivity index (χ1v) is 26.4. The number of aromatic nitrogens is 3. The third-order valence-corrected chi connectivity index (χ3v) is 14.3. The van der Waals surface area contributed by atoms with Gasteiger partial charge in [0, 0.05) is 43.8 Å². The molecule has 0 saturated heterocycles. The molecule has 1 radical (unpaired) electrons. The number of nitrogens with zero attached hydrogens (tertiary/aromatic N) is 3. The maximum Gasteiger partial charge on any atom is 0.0798 e. The first kappa shape index (κ1) is 47.3. The zero-order chi connectivity index (χ0) is 45.3. The minimum absolute atomic E-state index is 0. The van der Waals surface area contributed by atoms with Crippen LogP contribution < -0.4 is 5.19 Å². The van der Waals surface area contributed by atoms with E-state index < -0.39 is 8.07 Å². The molecule has 3 heterocycles. The minimum Gasteiger partial charge on any atom is -0.557 e. The molecule has 0 aliphatic carbocycles.